The van der Waals surface area contributed by atoms with Gasteiger partial charge in [0.25, 0.3) is 0 Å². The van der Waals surface area contributed by atoms with Gasteiger partial charge in [0.1, 0.15) is 12.1 Å². The Labute approximate surface area is 213 Å². The number of benzene rings is 1. The topological polar surface area (TPSA) is 101 Å². The van der Waals surface area contributed by atoms with Crippen molar-refractivity contribution in [2.75, 3.05) is 58.4 Å². The highest BCUT2D eigenvalue weighted by Gasteiger charge is 2.43. The molecule has 0 saturated carbocycles. The van der Waals surface area contributed by atoms with Gasteiger partial charge in [-0.1, -0.05) is 17.3 Å². The van der Waals surface area contributed by atoms with Crippen LogP contribution in [0.5, 0.6) is 11.5 Å². The lowest BCUT2D eigenvalue weighted by Gasteiger charge is -2.35. The molecule has 206 valence electrons. The molecule has 1 aromatic rings. The van der Waals surface area contributed by atoms with Crippen molar-refractivity contribution in [3.63, 3.8) is 0 Å². The van der Waals surface area contributed by atoms with E-state index in [4.69, 9.17) is 14.2 Å². The van der Waals surface area contributed by atoms with Crippen LogP contribution in [0.2, 0.25) is 0 Å². The van der Waals surface area contributed by atoms with Gasteiger partial charge in [-0.25, -0.2) is 4.79 Å². The Kier molecular flexibility index (Phi) is 10.3. The Morgan fingerprint density at radius 2 is 1.62 bits per heavy atom. The Morgan fingerprint density at radius 1 is 1.03 bits per heavy atom. The van der Waals surface area contributed by atoms with Gasteiger partial charge in [0, 0.05) is 50.9 Å². The van der Waals surface area contributed by atoms with Crippen molar-refractivity contribution in [2.45, 2.75) is 39.1 Å². The maximum atomic E-state index is 13.4. The van der Waals surface area contributed by atoms with E-state index in [9.17, 15) is 27.7 Å². The van der Waals surface area contributed by atoms with Gasteiger partial charge in [0.2, 0.25) is 0 Å². The van der Waals surface area contributed by atoms with Crippen molar-refractivity contribution in [1.29, 1.82) is 0 Å². The van der Waals surface area contributed by atoms with E-state index in [1.165, 1.54) is 32.4 Å². The number of hydrogen-bond acceptors (Lipinski definition) is 8. The summed E-state index contributed by atoms with van der Waals surface area (Å²) < 4.78 is 56.0. The number of nitrogens with zero attached hydrogens (tertiary/aromatic N) is 4. The summed E-state index contributed by atoms with van der Waals surface area (Å²) >= 11 is 0. The monoisotopic (exact) mass is 530 g/mol. The summed E-state index contributed by atoms with van der Waals surface area (Å²) in [6.07, 6.45) is -2.44. The first-order valence-corrected chi connectivity index (χ1v) is 11.6. The van der Waals surface area contributed by atoms with E-state index in [1.807, 2.05) is 4.90 Å². The fourth-order valence-electron chi connectivity index (χ4n) is 3.64. The molecule has 0 bridgehead atoms. The predicted octanol–water partition coefficient (Wildman–Crippen LogP) is 3.97. The van der Waals surface area contributed by atoms with E-state index < -0.39 is 30.8 Å². The lowest BCUT2D eigenvalue weighted by Crippen LogP contribution is -2.49. The van der Waals surface area contributed by atoms with Gasteiger partial charge in [-0.05, 0) is 26.8 Å². The highest BCUT2D eigenvalue weighted by Crippen LogP contribution is 2.37. The van der Waals surface area contributed by atoms with E-state index in [1.54, 1.807) is 31.7 Å². The molecule has 1 heterocycles. The van der Waals surface area contributed by atoms with Gasteiger partial charge in [0.15, 0.2) is 11.5 Å². The third-order valence-electron chi connectivity index (χ3n) is 5.44. The molecule has 2 amide bonds. The lowest BCUT2D eigenvalue weighted by molar-refractivity contribution is -0.170. The first-order valence-electron chi connectivity index (χ1n) is 11.6. The average Bonchev–Trinajstić information content (AvgIpc) is 2.82. The van der Waals surface area contributed by atoms with Crippen LogP contribution in [0.25, 0.3) is 0 Å². The van der Waals surface area contributed by atoms with E-state index in [0.29, 0.717) is 37.6 Å². The zero-order valence-electron chi connectivity index (χ0n) is 21.6. The molecule has 0 aromatic heterocycles. The molecule has 2 rings (SSSR count). The van der Waals surface area contributed by atoms with E-state index in [0.717, 1.165) is 0 Å². The number of amides is 2. The number of halogens is 3. The summed E-state index contributed by atoms with van der Waals surface area (Å²) in [4.78, 5) is 39.6. The minimum Gasteiger partial charge on any atom is -0.493 e. The van der Waals surface area contributed by atoms with Gasteiger partial charge in [0.05, 0.1) is 19.9 Å². The molecule has 0 radical (unpaired) electrons. The summed E-state index contributed by atoms with van der Waals surface area (Å²) in [5.74, 6) is -1.81. The number of carbonyl (C=O) groups is 2. The Bertz CT molecular complexity index is 986. The number of rotatable bonds is 9. The number of alkyl halides is 3. The highest BCUT2D eigenvalue weighted by molar-refractivity contribution is 5.98. The van der Waals surface area contributed by atoms with Gasteiger partial charge in [-0.15, -0.1) is 0 Å². The zero-order valence-corrected chi connectivity index (χ0v) is 21.6. The van der Waals surface area contributed by atoms with Crippen LogP contribution in [0.3, 0.4) is 0 Å². The second kappa shape index (κ2) is 12.7. The Balaban J connectivity index is 2.13. The predicted molar refractivity (Wildman–Crippen MR) is 131 cm³/mol. The molecule has 0 unspecified atom stereocenters. The normalized spacial score (nSPS) is 15.0. The number of hydrogen-bond donors (Lipinski definition) is 0. The van der Waals surface area contributed by atoms with Crippen molar-refractivity contribution in [3.05, 3.63) is 34.8 Å². The Morgan fingerprint density at radius 3 is 2.14 bits per heavy atom. The summed E-state index contributed by atoms with van der Waals surface area (Å²) in [5.41, 5.74) is -0.668. The van der Waals surface area contributed by atoms with Crippen LogP contribution < -0.4 is 14.4 Å². The van der Waals surface area contributed by atoms with E-state index >= 15 is 0 Å². The smallest absolute Gasteiger partial charge is 0.471 e. The molecule has 1 aromatic carbocycles. The maximum absolute atomic E-state index is 13.4. The van der Waals surface area contributed by atoms with Crippen LogP contribution >= 0.6 is 0 Å². The third kappa shape index (κ3) is 8.62. The fraction of sp³-hybridized carbons (Fsp3) is 0.583. The van der Waals surface area contributed by atoms with Gasteiger partial charge in [-0.2, -0.15) is 18.1 Å². The fourth-order valence-corrected chi connectivity index (χ4v) is 3.64. The standard InChI is InChI=1S/C24H33F3N4O6/c1-23(2,3)37-22(33)30-12-10-29(11-13-30)8-6-7-9-31(21(32)24(25,26)27)18-15-20(36-5)19(35-4)14-17(18)16-28-34/h6-7,14-15H,8-13,16H2,1-5H3. The molecule has 1 saturated heterocycles. The second-order valence-corrected chi connectivity index (χ2v) is 9.28. The summed E-state index contributed by atoms with van der Waals surface area (Å²) in [7, 11) is 2.64. The highest BCUT2D eigenvalue weighted by atomic mass is 19.4. The summed E-state index contributed by atoms with van der Waals surface area (Å²) in [6.45, 7) is 6.92. The zero-order chi connectivity index (χ0) is 27.8. The van der Waals surface area contributed by atoms with Crippen molar-refractivity contribution in [3.8, 4) is 11.5 Å². The summed E-state index contributed by atoms with van der Waals surface area (Å²) in [6, 6.07) is 2.53. The van der Waals surface area contributed by atoms with Crippen LogP contribution in [0.1, 0.15) is 26.3 Å². The largest absolute Gasteiger partial charge is 0.493 e. The van der Waals surface area contributed by atoms with Crippen molar-refractivity contribution in [2.24, 2.45) is 5.18 Å². The molecule has 0 atom stereocenters. The first-order chi connectivity index (χ1) is 17.3. The number of piperazine rings is 1. The van der Waals surface area contributed by atoms with Crippen LogP contribution in [-0.2, 0) is 16.1 Å². The number of methoxy groups -OCH3 is 2. The number of anilines is 1. The molecule has 10 nitrogen and oxygen atoms in total. The average molecular weight is 531 g/mol. The maximum Gasteiger partial charge on any atom is 0.471 e. The number of nitroso groups, excluding NO2 is 1. The Hall–Kier alpha value is -3.35. The lowest BCUT2D eigenvalue weighted by atomic mass is 10.1. The van der Waals surface area contributed by atoms with Crippen LogP contribution in [0, 0.1) is 4.91 Å². The molecule has 37 heavy (non-hydrogen) atoms. The summed E-state index contributed by atoms with van der Waals surface area (Å²) in [5, 5.41) is 2.77. The minimum atomic E-state index is -5.15. The van der Waals surface area contributed by atoms with Crippen LogP contribution in [0.4, 0.5) is 23.7 Å². The van der Waals surface area contributed by atoms with Crippen LogP contribution in [0.15, 0.2) is 29.5 Å². The quantitative estimate of drug-likeness (QED) is 0.352. The molecule has 1 aliphatic heterocycles. The molecular weight excluding hydrogens is 497 g/mol. The number of carbonyl (C=O) groups excluding carboxylic acids is 2. The van der Waals surface area contributed by atoms with E-state index in [-0.39, 0.29) is 28.8 Å². The SMILES string of the molecule is COc1cc(CN=O)c(N(CC=CCN2CCN(C(=O)OC(C)(C)C)CC2)C(=O)C(F)(F)F)cc1OC. The minimum absolute atomic E-state index is 0.0805. The molecule has 13 heteroatoms. The molecule has 0 N–H and O–H groups in total. The van der Waals surface area contributed by atoms with Crippen molar-refractivity contribution >= 4 is 17.7 Å². The number of ether oxygens (including phenoxy) is 3. The van der Waals surface area contributed by atoms with E-state index in [2.05, 4.69) is 5.18 Å². The second-order valence-electron chi connectivity index (χ2n) is 9.28. The molecule has 1 aliphatic rings. The molecule has 0 spiro atoms. The molecule has 1 fully saturated rings. The first kappa shape index (κ1) is 29.9. The van der Waals surface area contributed by atoms with Gasteiger partial charge in [-0.3, -0.25) is 9.69 Å². The van der Waals surface area contributed by atoms with Gasteiger partial charge >= 0.3 is 18.2 Å². The third-order valence-corrected chi connectivity index (χ3v) is 5.44. The molecule has 0 aliphatic carbocycles. The van der Waals surface area contributed by atoms with Crippen LogP contribution in [-0.4, -0.2) is 87.1 Å². The van der Waals surface area contributed by atoms with Gasteiger partial charge < -0.3 is 24.0 Å². The van der Waals surface area contributed by atoms with Crippen molar-refractivity contribution < 1.29 is 37.0 Å². The molecular formula is C24H33F3N4O6. The van der Waals surface area contributed by atoms with Crippen molar-refractivity contribution in [1.82, 2.24) is 9.80 Å².